The number of H-pyrrole nitrogens is 1. The zero-order valence-corrected chi connectivity index (χ0v) is 21.0. The van der Waals surface area contributed by atoms with Crippen LogP contribution < -0.4 is 4.90 Å². The van der Waals surface area contributed by atoms with E-state index in [1.807, 2.05) is 47.5 Å². The summed E-state index contributed by atoms with van der Waals surface area (Å²) in [6.45, 7) is 9.13. The molecule has 4 heterocycles. The van der Waals surface area contributed by atoms with Crippen molar-refractivity contribution in [1.29, 1.82) is 0 Å². The molecule has 0 bridgehead atoms. The van der Waals surface area contributed by atoms with E-state index in [0.717, 1.165) is 40.1 Å². The molecule has 2 aromatic carbocycles. The van der Waals surface area contributed by atoms with E-state index in [1.54, 1.807) is 0 Å². The minimum atomic E-state index is -0.603. The van der Waals surface area contributed by atoms with Gasteiger partial charge >= 0.3 is 0 Å². The van der Waals surface area contributed by atoms with Crippen LogP contribution in [0, 0.1) is 0 Å². The number of ether oxygens (including phenoxy) is 1. The van der Waals surface area contributed by atoms with Crippen LogP contribution in [0.2, 0.25) is 0 Å². The van der Waals surface area contributed by atoms with Gasteiger partial charge in [0, 0.05) is 46.9 Å². The highest BCUT2D eigenvalue weighted by Gasteiger charge is 2.42. The van der Waals surface area contributed by atoms with Gasteiger partial charge in [-0.15, -0.1) is 0 Å². The van der Waals surface area contributed by atoms with Gasteiger partial charge in [-0.1, -0.05) is 30.3 Å². The molecule has 2 aliphatic heterocycles. The lowest BCUT2D eigenvalue weighted by molar-refractivity contribution is 0.0501. The summed E-state index contributed by atoms with van der Waals surface area (Å²) in [6, 6.07) is 18.0. The normalized spacial score (nSPS) is 19.4. The van der Waals surface area contributed by atoms with E-state index in [1.165, 1.54) is 0 Å². The maximum atomic E-state index is 13.6. The van der Waals surface area contributed by atoms with Crippen LogP contribution in [0.4, 0.5) is 5.82 Å². The highest BCUT2D eigenvalue weighted by Crippen LogP contribution is 2.41. The van der Waals surface area contributed by atoms with E-state index in [2.05, 4.69) is 48.9 Å². The lowest BCUT2D eigenvalue weighted by Gasteiger charge is -2.45. The minimum absolute atomic E-state index is 0.0282. The molecule has 36 heavy (non-hydrogen) atoms. The number of carbonyl (C=O) groups is 1. The second kappa shape index (κ2) is 8.75. The number of hydrogen-bond donors (Lipinski definition) is 1. The van der Waals surface area contributed by atoms with Gasteiger partial charge in [0.05, 0.1) is 30.5 Å². The summed E-state index contributed by atoms with van der Waals surface area (Å²) in [7, 11) is 0. The summed E-state index contributed by atoms with van der Waals surface area (Å²) in [5.41, 5.74) is 4.19. The van der Waals surface area contributed by atoms with Crippen molar-refractivity contribution in [2.24, 2.45) is 0 Å². The average molecular weight is 482 g/mol. The summed E-state index contributed by atoms with van der Waals surface area (Å²) < 4.78 is 5.74. The Kier molecular flexibility index (Phi) is 5.52. The summed E-state index contributed by atoms with van der Waals surface area (Å²) in [5, 5.41) is 1.09. The highest BCUT2D eigenvalue weighted by atomic mass is 16.5. The molecule has 2 aliphatic rings. The monoisotopic (exact) mass is 481 g/mol. The second-order valence-corrected chi connectivity index (χ2v) is 10.2. The van der Waals surface area contributed by atoms with Crippen LogP contribution in [-0.2, 0) is 16.7 Å². The minimum Gasteiger partial charge on any atom is -0.377 e. The molecule has 0 unspecified atom stereocenters. The first-order valence-corrected chi connectivity index (χ1v) is 12.6. The van der Waals surface area contributed by atoms with Crippen molar-refractivity contribution in [3.63, 3.8) is 0 Å². The number of morpholine rings is 1. The molecule has 0 aliphatic carbocycles. The number of amides is 1. The van der Waals surface area contributed by atoms with Crippen LogP contribution >= 0.6 is 0 Å². The van der Waals surface area contributed by atoms with Crippen molar-refractivity contribution in [3.05, 3.63) is 77.6 Å². The fourth-order valence-corrected chi connectivity index (χ4v) is 5.61. The van der Waals surface area contributed by atoms with Crippen molar-refractivity contribution in [2.75, 3.05) is 31.2 Å². The SMILES string of the molecule is C[C@@H]1COCCN1c1nc(-c2cccc3[nH]ccc23)nc2c1CCN(C(=O)c1ccccc1)C2(C)C. The molecule has 1 atom stereocenters. The van der Waals surface area contributed by atoms with E-state index in [4.69, 9.17) is 14.7 Å². The van der Waals surface area contributed by atoms with Crippen LogP contribution in [0.25, 0.3) is 22.3 Å². The third kappa shape index (κ3) is 3.66. The van der Waals surface area contributed by atoms with Crippen LogP contribution in [0.5, 0.6) is 0 Å². The van der Waals surface area contributed by atoms with Crippen molar-refractivity contribution < 1.29 is 9.53 Å². The first kappa shape index (κ1) is 22.7. The molecule has 1 saturated heterocycles. The molecule has 7 nitrogen and oxygen atoms in total. The predicted octanol–water partition coefficient (Wildman–Crippen LogP) is 4.78. The summed E-state index contributed by atoms with van der Waals surface area (Å²) in [4.78, 5) is 31.6. The predicted molar refractivity (Wildman–Crippen MR) is 141 cm³/mol. The molecule has 0 saturated carbocycles. The van der Waals surface area contributed by atoms with Gasteiger partial charge in [-0.25, -0.2) is 9.97 Å². The summed E-state index contributed by atoms with van der Waals surface area (Å²) in [5.74, 6) is 1.69. The number of benzene rings is 2. The van der Waals surface area contributed by atoms with Gasteiger partial charge in [0.1, 0.15) is 5.82 Å². The number of fused-ring (bicyclic) bond motifs is 2. The number of nitrogens with zero attached hydrogens (tertiary/aromatic N) is 4. The van der Waals surface area contributed by atoms with Gasteiger partial charge in [0.15, 0.2) is 5.82 Å². The zero-order valence-electron chi connectivity index (χ0n) is 21.0. The highest BCUT2D eigenvalue weighted by molar-refractivity contribution is 5.95. The molecule has 4 aromatic rings. The maximum Gasteiger partial charge on any atom is 0.254 e. The smallest absolute Gasteiger partial charge is 0.254 e. The number of hydrogen-bond acceptors (Lipinski definition) is 5. The van der Waals surface area contributed by atoms with E-state index in [-0.39, 0.29) is 11.9 Å². The van der Waals surface area contributed by atoms with Crippen molar-refractivity contribution in [2.45, 2.75) is 38.8 Å². The molecular formula is C29H31N5O2. The molecule has 184 valence electrons. The van der Waals surface area contributed by atoms with Gasteiger partial charge in [-0.3, -0.25) is 4.79 Å². The van der Waals surface area contributed by atoms with Crippen molar-refractivity contribution >= 4 is 22.6 Å². The number of nitrogens with one attached hydrogen (secondary N) is 1. The zero-order chi connectivity index (χ0) is 24.9. The Balaban J connectivity index is 1.53. The molecular weight excluding hydrogens is 450 g/mol. The Bertz CT molecular complexity index is 1430. The van der Waals surface area contributed by atoms with Gasteiger partial charge in [-0.05, 0) is 51.5 Å². The summed E-state index contributed by atoms with van der Waals surface area (Å²) in [6.07, 6.45) is 2.66. The molecule has 6 rings (SSSR count). The molecule has 7 heteroatoms. The van der Waals surface area contributed by atoms with Gasteiger partial charge < -0.3 is 19.5 Å². The standard InChI is InChI=1S/C29H31N5O2/c1-19-18-36-17-16-33(19)27-23-13-15-34(28(35)20-8-5-4-6-9-20)29(2,3)25(23)31-26(32-27)22-10-7-11-24-21(22)12-14-30-24/h4-12,14,19,30H,13,15-18H2,1-3H3/t19-/m1/s1. The number of carbonyl (C=O) groups excluding carboxylic acids is 1. The quantitative estimate of drug-likeness (QED) is 0.456. The van der Waals surface area contributed by atoms with E-state index >= 15 is 0 Å². The molecule has 2 aromatic heterocycles. The van der Waals surface area contributed by atoms with E-state index < -0.39 is 5.54 Å². The lowest BCUT2D eigenvalue weighted by atomic mass is 9.86. The van der Waals surface area contributed by atoms with E-state index in [9.17, 15) is 4.79 Å². The Morgan fingerprint density at radius 3 is 2.69 bits per heavy atom. The number of rotatable bonds is 3. The second-order valence-electron chi connectivity index (χ2n) is 10.2. The van der Waals surface area contributed by atoms with Crippen molar-refractivity contribution in [3.8, 4) is 11.4 Å². The maximum absolute atomic E-state index is 13.6. The third-order valence-corrected chi connectivity index (χ3v) is 7.57. The van der Waals surface area contributed by atoms with Crippen molar-refractivity contribution in [1.82, 2.24) is 19.9 Å². The third-order valence-electron chi connectivity index (χ3n) is 7.57. The largest absolute Gasteiger partial charge is 0.377 e. The fourth-order valence-electron chi connectivity index (χ4n) is 5.61. The van der Waals surface area contributed by atoms with E-state index in [0.29, 0.717) is 37.6 Å². The molecule has 1 N–H and O–H groups in total. The summed E-state index contributed by atoms with van der Waals surface area (Å²) >= 11 is 0. The van der Waals surface area contributed by atoms with Crippen LogP contribution in [0.1, 0.15) is 42.4 Å². The average Bonchev–Trinajstić information content (AvgIpc) is 3.38. The van der Waals surface area contributed by atoms with Gasteiger partial charge in [0.25, 0.3) is 5.91 Å². The van der Waals surface area contributed by atoms with Gasteiger partial charge in [-0.2, -0.15) is 0 Å². The number of anilines is 1. The first-order valence-electron chi connectivity index (χ1n) is 12.6. The molecule has 0 radical (unpaired) electrons. The van der Waals surface area contributed by atoms with Crippen LogP contribution in [0.15, 0.2) is 60.8 Å². The Morgan fingerprint density at radius 2 is 1.89 bits per heavy atom. The van der Waals surface area contributed by atoms with Crippen LogP contribution in [0.3, 0.4) is 0 Å². The van der Waals surface area contributed by atoms with Crippen LogP contribution in [-0.4, -0.2) is 58.1 Å². The number of aromatic amines is 1. The Morgan fingerprint density at radius 1 is 1.06 bits per heavy atom. The topological polar surface area (TPSA) is 74.3 Å². The Labute approximate surface area is 211 Å². The number of aromatic nitrogens is 3. The Hall–Kier alpha value is -3.71. The lowest BCUT2D eigenvalue weighted by Crippen LogP contribution is -2.52. The molecule has 0 spiro atoms. The molecule has 1 fully saturated rings. The fraction of sp³-hybridized carbons (Fsp3) is 0.345. The van der Waals surface area contributed by atoms with Gasteiger partial charge in [0.2, 0.25) is 0 Å². The molecule has 1 amide bonds. The first-order chi connectivity index (χ1) is 17.4.